The number of amides is 1. The second kappa shape index (κ2) is 8.05. The van der Waals surface area contributed by atoms with Crippen LogP contribution in [0.3, 0.4) is 0 Å². The smallest absolute Gasteiger partial charge is 0.414 e. The topological polar surface area (TPSA) is 72.4 Å². The molecule has 0 spiro atoms. The van der Waals surface area contributed by atoms with Crippen LogP contribution in [0.5, 0.6) is 0 Å². The summed E-state index contributed by atoms with van der Waals surface area (Å²) in [4.78, 5) is 19.5. The highest BCUT2D eigenvalue weighted by molar-refractivity contribution is 5.89. The fourth-order valence-corrected chi connectivity index (χ4v) is 4.71. The van der Waals surface area contributed by atoms with E-state index < -0.39 is 0 Å². The molecule has 3 heterocycles. The Morgan fingerprint density at radius 1 is 1.16 bits per heavy atom. The molecule has 158 valence electrons. The van der Waals surface area contributed by atoms with E-state index in [2.05, 4.69) is 16.0 Å². The minimum Gasteiger partial charge on any atom is -0.443 e. The first-order valence-corrected chi connectivity index (χ1v) is 10.6. The van der Waals surface area contributed by atoms with E-state index in [1.165, 1.54) is 11.6 Å². The number of nitrogens with zero attached hydrogens (tertiary/aromatic N) is 3. The molecule has 2 aromatic carbocycles. The van der Waals surface area contributed by atoms with Crippen molar-refractivity contribution in [2.24, 2.45) is 0 Å². The molecule has 5 rings (SSSR count). The summed E-state index contributed by atoms with van der Waals surface area (Å²) in [5.74, 6) is 0.189. The first-order chi connectivity index (χ1) is 15.1. The molecular weight excluding hydrogens is 395 g/mol. The van der Waals surface area contributed by atoms with Crippen molar-refractivity contribution in [1.82, 2.24) is 9.88 Å². The molecule has 2 aliphatic rings. The van der Waals surface area contributed by atoms with Crippen molar-refractivity contribution in [1.29, 1.82) is 5.26 Å². The van der Waals surface area contributed by atoms with E-state index in [-0.39, 0.29) is 18.0 Å². The van der Waals surface area contributed by atoms with Gasteiger partial charge in [0, 0.05) is 29.3 Å². The number of piperidine rings is 1. The summed E-state index contributed by atoms with van der Waals surface area (Å²) < 4.78 is 19.3. The fraction of sp³-hybridized carbons (Fsp3) is 0.333. The van der Waals surface area contributed by atoms with Gasteiger partial charge in [0.05, 0.1) is 18.2 Å². The van der Waals surface area contributed by atoms with Crippen molar-refractivity contribution >= 4 is 22.7 Å². The van der Waals surface area contributed by atoms with Gasteiger partial charge in [-0.15, -0.1) is 0 Å². The number of hydrogen-bond donors (Lipinski definition) is 1. The predicted molar refractivity (Wildman–Crippen MR) is 115 cm³/mol. The Balaban J connectivity index is 1.18. The molecule has 7 heteroatoms. The van der Waals surface area contributed by atoms with Crippen molar-refractivity contribution < 1.29 is 13.9 Å². The number of nitrogens with one attached hydrogen (secondary N) is 1. The van der Waals surface area contributed by atoms with Crippen LogP contribution in [0.15, 0.2) is 48.7 Å². The van der Waals surface area contributed by atoms with Crippen molar-refractivity contribution in [2.45, 2.75) is 24.9 Å². The Kier molecular flexibility index (Phi) is 5.08. The Bertz CT molecular complexity index is 1140. The normalized spacial score (nSPS) is 20.2. The Morgan fingerprint density at radius 2 is 1.94 bits per heavy atom. The molecule has 0 saturated carbocycles. The van der Waals surface area contributed by atoms with Gasteiger partial charge in [0.1, 0.15) is 11.9 Å². The van der Waals surface area contributed by atoms with Gasteiger partial charge in [-0.3, -0.25) is 9.80 Å². The van der Waals surface area contributed by atoms with Crippen LogP contribution in [0.25, 0.3) is 10.9 Å². The highest BCUT2D eigenvalue weighted by Gasteiger charge is 2.34. The Morgan fingerprint density at radius 3 is 2.68 bits per heavy atom. The van der Waals surface area contributed by atoms with Crippen LogP contribution in [0.4, 0.5) is 14.9 Å². The van der Waals surface area contributed by atoms with Crippen LogP contribution < -0.4 is 4.90 Å². The minimum atomic E-state index is -0.342. The molecule has 31 heavy (non-hydrogen) atoms. The average Bonchev–Trinajstić information content (AvgIpc) is 3.37. The number of aromatic nitrogens is 1. The number of carbonyl (C=O) groups is 1. The SMILES string of the molecule is N#Cc1ccc(N2C[C@H](CN3CCC(c4c[nH]c5ccc(F)cc45)CC3)OC2=O)cc1. The van der Waals surface area contributed by atoms with E-state index in [4.69, 9.17) is 10.00 Å². The zero-order chi connectivity index (χ0) is 21.4. The summed E-state index contributed by atoms with van der Waals surface area (Å²) in [6, 6.07) is 13.9. The molecule has 1 N–H and O–H groups in total. The first kappa shape index (κ1) is 19.6. The van der Waals surface area contributed by atoms with Gasteiger partial charge in [0.15, 0.2) is 0 Å². The lowest BCUT2D eigenvalue weighted by Gasteiger charge is -2.32. The van der Waals surface area contributed by atoms with Gasteiger partial charge in [-0.25, -0.2) is 9.18 Å². The standard InChI is InChI=1S/C24H23FN4O2/c25-18-3-6-23-21(11-18)22(13-27-23)17-7-9-28(10-8-17)14-20-15-29(24(30)31-20)19-4-1-16(12-26)2-5-19/h1-6,11,13,17,20,27H,7-10,14-15H2/t20-/m0/s1. The van der Waals surface area contributed by atoms with Gasteiger partial charge in [-0.05, 0) is 79.9 Å². The second-order valence-corrected chi connectivity index (χ2v) is 8.28. The summed E-state index contributed by atoms with van der Waals surface area (Å²) in [5, 5.41) is 9.91. The third-order valence-electron chi connectivity index (χ3n) is 6.35. The van der Waals surface area contributed by atoms with Gasteiger partial charge in [0.25, 0.3) is 0 Å². The summed E-state index contributed by atoms with van der Waals surface area (Å²) in [7, 11) is 0. The minimum absolute atomic E-state index is 0.179. The number of ether oxygens (including phenoxy) is 1. The number of nitriles is 1. The Hall–Kier alpha value is -3.37. The molecule has 2 fully saturated rings. The molecule has 2 aliphatic heterocycles. The van der Waals surface area contributed by atoms with Crippen LogP contribution in [-0.2, 0) is 4.74 Å². The quantitative estimate of drug-likeness (QED) is 0.682. The molecule has 3 aromatic rings. The van der Waals surface area contributed by atoms with E-state index in [1.807, 2.05) is 6.20 Å². The van der Waals surface area contributed by atoms with Crippen LogP contribution in [0.1, 0.15) is 29.9 Å². The monoisotopic (exact) mass is 418 g/mol. The van der Waals surface area contributed by atoms with Crippen LogP contribution in [0.2, 0.25) is 0 Å². The molecule has 6 nitrogen and oxygen atoms in total. The lowest BCUT2D eigenvalue weighted by molar-refractivity contribution is 0.0977. The van der Waals surface area contributed by atoms with Crippen LogP contribution in [-0.4, -0.2) is 48.3 Å². The number of fused-ring (bicyclic) bond motifs is 1. The number of likely N-dealkylation sites (tertiary alicyclic amines) is 1. The number of cyclic esters (lactones) is 1. The summed E-state index contributed by atoms with van der Waals surface area (Å²) >= 11 is 0. The second-order valence-electron chi connectivity index (χ2n) is 8.28. The molecule has 0 aliphatic carbocycles. The fourth-order valence-electron chi connectivity index (χ4n) is 4.71. The Labute approximate surface area is 179 Å². The number of H-pyrrole nitrogens is 1. The number of benzene rings is 2. The third-order valence-corrected chi connectivity index (χ3v) is 6.35. The molecular formula is C24H23FN4O2. The number of aromatic amines is 1. The molecule has 1 amide bonds. The largest absolute Gasteiger partial charge is 0.443 e. The van der Waals surface area contributed by atoms with Gasteiger partial charge >= 0.3 is 6.09 Å². The van der Waals surface area contributed by atoms with E-state index >= 15 is 0 Å². The number of rotatable bonds is 4. The summed E-state index contributed by atoms with van der Waals surface area (Å²) in [6.07, 6.45) is 3.47. The number of anilines is 1. The molecule has 0 radical (unpaired) electrons. The maximum absolute atomic E-state index is 13.7. The lowest BCUT2D eigenvalue weighted by atomic mass is 9.89. The van der Waals surface area contributed by atoms with Gasteiger partial charge in [-0.2, -0.15) is 5.26 Å². The van der Waals surface area contributed by atoms with E-state index in [9.17, 15) is 9.18 Å². The molecule has 1 atom stereocenters. The maximum Gasteiger partial charge on any atom is 0.414 e. The zero-order valence-electron chi connectivity index (χ0n) is 17.1. The molecule has 1 aromatic heterocycles. The van der Waals surface area contributed by atoms with Crippen molar-refractivity contribution in [3.63, 3.8) is 0 Å². The van der Waals surface area contributed by atoms with Gasteiger partial charge in [-0.1, -0.05) is 0 Å². The lowest BCUT2D eigenvalue weighted by Crippen LogP contribution is -2.39. The predicted octanol–water partition coefficient (Wildman–Crippen LogP) is 4.38. The summed E-state index contributed by atoms with van der Waals surface area (Å²) in [5.41, 5.74) is 3.47. The van der Waals surface area contributed by atoms with Gasteiger partial charge in [0.2, 0.25) is 0 Å². The first-order valence-electron chi connectivity index (χ1n) is 10.6. The third kappa shape index (κ3) is 3.87. The van der Waals surface area contributed by atoms with E-state index in [1.54, 1.807) is 41.3 Å². The van der Waals surface area contributed by atoms with Crippen LogP contribution >= 0.6 is 0 Å². The zero-order valence-corrected chi connectivity index (χ0v) is 17.1. The van der Waals surface area contributed by atoms with E-state index in [0.717, 1.165) is 42.5 Å². The van der Waals surface area contributed by atoms with Crippen molar-refractivity contribution in [2.75, 3.05) is 31.1 Å². The molecule has 0 bridgehead atoms. The van der Waals surface area contributed by atoms with Crippen molar-refractivity contribution in [3.05, 3.63) is 65.6 Å². The number of hydrogen-bond acceptors (Lipinski definition) is 4. The number of carbonyl (C=O) groups excluding carboxylic acids is 1. The number of halogens is 1. The highest BCUT2D eigenvalue weighted by Crippen LogP contribution is 2.34. The highest BCUT2D eigenvalue weighted by atomic mass is 19.1. The van der Waals surface area contributed by atoms with Gasteiger partial charge < -0.3 is 9.72 Å². The van der Waals surface area contributed by atoms with Crippen LogP contribution in [0, 0.1) is 17.1 Å². The summed E-state index contributed by atoms with van der Waals surface area (Å²) in [6.45, 7) is 3.04. The molecule has 0 unspecified atom stereocenters. The maximum atomic E-state index is 13.7. The van der Waals surface area contributed by atoms with Crippen molar-refractivity contribution in [3.8, 4) is 6.07 Å². The van der Waals surface area contributed by atoms with E-state index in [0.29, 0.717) is 24.6 Å². The molecule has 2 saturated heterocycles. The average molecular weight is 418 g/mol.